The average Bonchev–Trinajstić information content (AvgIpc) is 2.32. The van der Waals surface area contributed by atoms with Gasteiger partial charge in [-0.3, -0.25) is 0 Å². The number of nitrogens with two attached hydrogens (primary N) is 1. The maximum absolute atomic E-state index is 13.2. The van der Waals surface area contributed by atoms with Crippen molar-refractivity contribution in [2.75, 3.05) is 0 Å². The van der Waals surface area contributed by atoms with Crippen LogP contribution in [0.5, 0.6) is 0 Å². The van der Waals surface area contributed by atoms with Crippen LogP contribution in [-0.2, 0) is 0 Å². The molecule has 1 aromatic carbocycles. The van der Waals surface area contributed by atoms with E-state index in [1.165, 1.54) is 38.2 Å². The molecular formula is C14H20FNS. The highest BCUT2D eigenvalue weighted by Gasteiger charge is 2.17. The summed E-state index contributed by atoms with van der Waals surface area (Å²) in [5.74, 6) is -0.190. The molecule has 1 atom stereocenters. The molecule has 0 heterocycles. The van der Waals surface area contributed by atoms with Gasteiger partial charge in [-0.25, -0.2) is 4.39 Å². The number of rotatable bonds is 3. The lowest BCUT2D eigenvalue weighted by Gasteiger charge is -2.23. The first-order chi connectivity index (χ1) is 8.16. The highest BCUT2D eigenvalue weighted by atomic mass is 32.2. The van der Waals surface area contributed by atoms with Crippen molar-refractivity contribution in [3.63, 3.8) is 0 Å². The Bertz CT molecular complexity index is 372. The summed E-state index contributed by atoms with van der Waals surface area (Å²) in [4.78, 5) is 1.16. The normalized spacial score (nSPS) is 19.2. The van der Waals surface area contributed by atoms with Gasteiger partial charge in [0.25, 0.3) is 0 Å². The van der Waals surface area contributed by atoms with Crippen LogP contribution in [0, 0.1) is 5.82 Å². The quantitative estimate of drug-likeness (QED) is 0.870. The highest BCUT2D eigenvalue weighted by Crippen LogP contribution is 2.36. The zero-order valence-electron chi connectivity index (χ0n) is 10.3. The van der Waals surface area contributed by atoms with Crippen LogP contribution in [0.1, 0.15) is 50.6 Å². The van der Waals surface area contributed by atoms with Crippen LogP contribution in [0.3, 0.4) is 0 Å². The first-order valence-electron chi connectivity index (χ1n) is 6.38. The summed E-state index contributed by atoms with van der Waals surface area (Å²) < 4.78 is 13.2. The second kappa shape index (κ2) is 5.87. The van der Waals surface area contributed by atoms with Gasteiger partial charge in [0.1, 0.15) is 5.82 Å². The van der Waals surface area contributed by atoms with E-state index in [-0.39, 0.29) is 11.9 Å². The molecule has 1 saturated carbocycles. The summed E-state index contributed by atoms with van der Waals surface area (Å²) in [6.07, 6.45) is 6.57. The molecule has 1 aromatic rings. The smallest absolute Gasteiger partial charge is 0.123 e. The van der Waals surface area contributed by atoms with Gasteiger partial charge in [-0.15, -0.1) is 11.8 Å². The van der Waals surface area contributed by atoms with Gasteiger partial charge in [0, 0.05) is 16.2 Å². The molecule has 0 radical (unpaired) electrons. The molecule has 0 saturated heterocycles. The third-order valence-corrected chi connectivity index (χ3v) is 4.74. The van der Waals surface area contributed by atoms with Crippen LogP contribution in [-0.4, -0.2) is 5.25 Å². The minimum atomic E-state index is -0.190. The van der Waals surface area contributed by atoms with Crippen LogP contribution < -0.4 is 5.73 Å². The van der Waals surface area contributed by atoms with Crippen molar-refractivity contribution < 1.29 is 4.39 Å². The molecule has 0 aliphatic heterocycles. The molecule has 1 aliphatic carbocycles. The van der Waals surface area contributed by atoms with Gasteiger partial charge in [-0.1, -0.05) is 19.3 Å². The maximum Gasteiger partial charge on any atom is 0.123 e. The van der Waals surface area contributed by atoms with Gasteiger partial charge in [0.2, 0.25) is 0 Å². The molecule has 0 unspecified atom stereocenters. The Hall–Kier alpha value is -0.540. The molecule has 0 amide bonds. The molecule has 0 aromatic heterocycles. The lowest BCUT2D eigenvalue weighted by atomic mass is 10.0. The fourth-order valence-electron chi connectivity index (χ4n) is 2.35. The molecule has 2 N–H and O–H groups in total. The van der Waals surface area contributed by atoms with E-state index >= 15 is 0 Å². The van der Waals surface area contributed by atoms with E-state index in [1.807, 2.05) is 24.8 Å². The van der Waals surface area contributed by atoms with Crippen molar-refractivity contribution in [1.29, 1.82) is 0 Å². The van der Waals surface area contributed by atoms with Crippen molar-refractivity contribution in [3.05, 3.63) is 29.6 Å². The third-order valence-electron chi connectivity index (χ3n) is 3.31. The summed E-state index contributed by atoms with van der Waals surface area (Å²) in [5.41, 5.74) is 6.85. The third kappa shape index (κ3) is 3.46. The first kappa shape index (κ1) is 12.9. The van der Waals surface area contributed by atoms with Gasteiger partial charge in [0.05, 0.1) is 0 Å². The van der Waals surface area contributed by atoms with Crippen LogP contribution in [0.25, 0.3) is 0 Å². The zero-order chi connectivity index (χ0) is 12.3. The van der Waals surface area contributed by atoms with Crippen molar-refractivity contribution >= 4 is 11.8 Å². The fraction of sp³-hybridized carbons (Fsp3) is 0.571. The van der Waals surface area contributed by atoms with Crippen LogP contribution in [0.2, 0.25) is 0 Å². The molecular weight excluding hydrogens is 233 g/mol. The largest absolute Gasteiger partial charge is 0.324 e. The Morgan fingerprint density at radius 2 is 2.00 bits per heavy atom. The monoisotopic (exact) mass is 253 g/mol. The van der Waals surface area contributed by atoms with Crippen LogP contribution in [0.15, 0.2) is 23.1 Å². The lowest BCUT2D eigenvalue weighted by molar-refractivity contribution is 0.516. The number of hydrogen-bond acceptors (Lipinski definition) is 2. The molecule has 1 aliphatic rings. The second-order valence-electron chi connectivity index (χ2n) is 4.85. The standard InChI is InChI=1S/C14H20FNS/c1-10(16)13-9-11(15)7-8-14(13)17-12-5-3-2-4-6-12/h7-10,12H,2-6,16H2,1H3/t10-/m1/s1. The van der Waals surface area contributed by atoms with E-state index in [9.17, 15) is 4.39 Å². The van der Waals surface area contributed by atoms with Crippen molar-refractivity contribution in [3.8, 4) is 0 Å². The van der Waals surface area contributed by atoms with Gasteiger partial charge in [0.15, 0.2) is 0 Å². The van der Waals surface area contributed by atoms with Crippen LogP contribution in [0.4, 0.5) is 4.39 Å². The first-order valence-corrected chi connectivity index (χ1v) is 7.26. The van der Waals surface area contributed by atoms with E-state index in [0.717, 1.165) is 10.5 Å². The molecule has 1 fully saturated rings. The van der Waals surface area contributed by atoms with Gasteiger partial charge >= 0.3 is 0 Å². The molecule has 94 valence electrons. The molecule has 0 spiro atoms. The van der Waals surface area contributed by atoms with E-state index in [4.69, 9.17) is 5.73 Å². The zero-order valence-corrected chi connectivity index (χ0v) is 11.1. The second-order valence-corrected chi connectivity index (χ2v) is 6.19. The van der Waals surface area contributed by atoms with Crippen molar-refractivity contribution in [1.82, 2.24) is 0 Å². The predicted octanol–water partition coefficient (Wildman–Crippen LogP) is 4.27. The topological polar surface area (TPSA) is 26.0 Å². The molecule has 3 heteroatoms. The fourth-order valence-corrected chi connectivity index (χ4v) is 3.80. The average molecular weight is 253 g/mol. The van der Waals surface area contributed by atoms with E-state index in [2.05, 4.69) is 0 Å². The number of halogens is 1. The van der Waals surface area contributed by atoms with Gasteiger partial charge in [-0.2, -0.15) is 0 Å². The Labute approximate surface area is 107 Å². The molecule has 0 bridgehead atoms. The van der Waals surface area contributed by atoms with E-state index < -0.39 is 0 Å². The van der Waals surface area contributed by atoms with Crippen molar-refractivity contribution in [2.24, 2.45) is 5.73 Å². The molecule has 1 nitrogen and oxygen atoms in total. The number of hydrogen-bond donors (Lipinski definition) is 1. The predicted molar refractivity (Wildman–Crippen MR) is 71.7 cm³/mol. The molecule has 2 rings (SSSR count). The SMILES string of the molecule is C[C@@H](N)c1cc(F)ccc1SC1CCCCC1. The van der Waals surface area contributed by atoms with E-state index in [0.29, 0.717) is 5.25 Å². The summed E-state index contributed by atoms with van der Waals surface area (Å²) in [6, 6.07) is 4.90. The van der Waals surface area contributed by atoms with Gasteiger partial charge in [-0.05, 0) is 43.5 Å². The summed E-state index contributed by atoms with van der Waals surface area (Å²) in [5, 5.41) is 0.687. The number of benzene rings is 1. The minimum absolute atomic E-state index is 0.100. The summed E-state index contributed by atoms with van der Waals surface area (Å²) in [7, 11) is 0. The summed E-state index contributed by atoms with van der Waals surface area (Å²) >= 11 is 1.88. The Kier molecular flexibility index (Phi) is 4.46. The Balaban J connectivity index is 2.13. The highest BCUT2D eigenvalue weighted by molar-refractivity contribution is 8.00. The Morgan fingerprint density at radius 3 is 2.65 bits per heavy atom. The van der Waals surface area contributed by atoms with Crippen molar-refractivity contribution in [2.45, 2.75) is 55.2 Å². The maximum atomic E-state index is 13.2. The number of thioether (sulfide) groups is 1. The lowest BCUT2D eigenvalue weighted by Crippen LogP contribution is -2.11. The van der Waals surface area contributed by atoms with Gasteiger partial charge < -0.3 is 5.73 Å². The Morgan fingerprint density at radius 1 is 1.29 bits per heavy atom. The summed E-state index contributed by atoms with van der Waals surface area (Å²) in [6.45, 7) is 1.92. The van der Waals surface area contributed by atoms with E-state index in [1.54, 1.807) is 6.07 Å². The minimum Gasteiger partial charge on any atom is -0.324 e. The molecule has 17 heavy (non-hydrogen) atoms. The van der Waals surface area contributed by atoms with Crippen LogP contribution >= 0.6 is 11.8 Å².